The quantitative estimate of drug-likeness (QED) is 0.707. The van der Waals surface area contributed by atoms with Crippen LogP contribution >= 0.6 is 0 Å². The highest BCUT2D eigenvalue weighted by Gasteiger charge is 2.03. The second-order valence-corrected chi connectivity index (χ2v) is 4.03. The van der Waals surface area contributed by atoms with Crippen molar-refractivity contribution in [3.05, 3.63) is 48.0 Å². The average Bonchev–Trinajstić information content (AvgIpc) is 2.28. The third-order valence-corrected chi connectivity index (χ3v) is 2.56. The Bertz CT molecular complexity index is 320. The Hall–Kier alpha value is -1.12. The maximum Gasteiger partial charge on any atom is 0.0237 e. The molecule has 2 nitrogen and oxygen atoms in total. The van der Waals surface area contributed by atoms with E-state index in [4.69, 9.17) is 0 Å². The number of hydrogen-bond acceptors (Lipinski definition) is 2. The summed E-state index contributed by atoms with van der Waals surface area (Å²) in [5.74, 6) is 0. The van der Waals surface area contributed by atoms with Crippen molar-refractivity contribution in [3.63, 3.8) is 0 Å². The molecule has 0 heterocycles. The van der Waals surface area contributed by atoms with Crippen LogP contribution in [0, 0.1) is 0 Å². The monoisotopic (exact) mass is 218 g/mol. The van der Waals surface area contributed by atoms with Gasteiger partial charge in [-0.3, -0.25) is 4.90 Å². The van der Waals surface area contributed by atoms with E-state index >= 15 is 0 Å². The van der Waals surface area contributed by atoms with E-state index < -0.39 is 0 Å². The first-order valence-electron chi connectivity index (χ1n) is 5.84. The standard InChI is InChI=1S/C14H22N2/c1-4-10-16(3)12-14-9-7-6-8-13(14)11-15-5-2/h4,6-9,15H,1,5,10-12H2,2-3H3. The van der Waals surface area contributed by atoms with E-state index in [1.54, 1.807) is 0 Å². The molecular formula is C14H22N2. The van der Waals surface area contributed by atoms with E-state index in [0.29, 0.717) is 0 Å². The summed E-state index contributed by atoms with van der Waals surface area (Å²) in [7, 11) is 2.12. The summed E-state index contributed by atoms with van der Waals surface area (Å²) in [4.78, 5) is 2.26. The molecule has 0 aliphatic carbocycles. The number of hydrogen-bond donors (Lipinski definition) is 1. The van der Waals surface area contributed by atoms with Crippen molar-refractivity contribution < 1.29 is 0 Å². The smallest absolute Gasteiger partial charge is 0.0237 e. The molecule has 0 radical (unpaired) electrons. The molecule has 0 aliphatic heterocycles. The van der Waals surface area contributed by atoms with Gasteiger partial charge in [0.1, 0.15) is 0 Å². The Kier molecular flexibility index (Phi) is 5.83. The molecule has 0 amide bonds. The van der Waals surface area contributed by atoms with E-state index in [0.717, 1.165) is 26.2 Å². The first kappa shape index (κ1) is 12.9. The van der Waals surface area contributed by atoms with Gasteiger partial charge in [0.25, 0.3) is 0 Å². The summed E-state index contributed by atoms with van der Waals surface area (Å²) in [5, 5.41) is 3.37. The van der Waals surface area contributed by atoms with E-state index in [-0.39, 0.29) is 0 Å². The molecule has 1 N–H and O–H groups in total. The van der Waals surface area contributed by atoms with Gasteiger partial charge in [0.2, 0.25) is 0 Å². The van der Waals surface area contributed by atoms with Crippen molar-refractivity contribution in [3.8, 4) is 0 Å². The molecule has 16 heavy (non-hydrogen) atoms. The number of likely N-dealkylation sites (N-methyl/N-ethyl adjacent to an activating group) is 1. The van der Waals surface area contributed by atoms with Crippen LogP contribution in [0.5, 0.6) is 0 Å². The Labute approximate surface area is 99.0 Å². The lowest BCUT2D eigenvalue weighted by atomic mass is 10.1. The van der Waals surface area contributed by atoms with Crippen LogP contribution in [-0.4, -0.2) is 25.0 Å². The maximum absolute atomic E-state index is 3.76. The van der Waals surface area contributed by atoms with Gasteiger partial charge in [-0.05, 0) is 24.7 Å². The molecule has 0 unspecified atom stereocenters. The van der Waals surface area contributed by atoms with Crippen LogP contribution in [0.25, 0.3) is 0 Å². The molecule has 0 aliphatic rings. The van der Waals surface area contributed by atoms with E-state index in [9.17, 15) is 0 Å². The molecule has 0 spiro atoms. The van der Waals surface area contributed by atoms with E-state index in [2.05, 4.69) is 55.0 Å². The zero-order valence-corrected chi connectivity index (χ0v) is 10.4. The largest absolute Gasteiger partial charge is 0.313 e. The van der Waals surface area contributed by atoms with Crippen LogP contribution in [-0.2, 0) is 13.1 Å². The second kappa shape index (κ2) is 7.20. The number of rotatable bonds is 7. The molecule has 0 fully saturated rings. The summed E-state index contributed by atoms with van der Waals surface area (Å²) in [6, 6.07) is 8.60. The fraction of sp³-hybridized carbons (Fsp3) is 0.429. The molecule has 0 aromatic heterocycles. The van der Waals surface area contributed by atoms with Crippen LogP contribution in [0.4, 0.5) is 0 Å². The highest BCUT2D eigenvalue weighted by atomic mass is 15.1. The summed E-state index contributed by atoms with van der Waals surface area (Å²) in [6.07, 6.45) is 1.94. The van der Waals surface area contributed by atoms with Crippen molar-refractivity contribution in [2.75, 3.05) is 20.1 Å². The molecule has 2 heteroatoms. The Morgan fingerprint density at radius 2 is 2.00 bits per heavy atom. The molecule has 0 bridgehead atoms. The summed E-state index contributed by atoms with van der Waals surface area (Å²) in [6.45, 7) is 9.76. The third kappa shape index (κ3) is 4.17. The van der Waals surface area contributed by atoms with Crippen LogP contribution in [0.1, 0.15) is 18.1 Å². The van der Waals surface area contributed by atoms with Crippen LogP contribution < -0.4 is 5.32 Å². The summed E-state index contributed by atoms with van der Waals surface area (Å²) >= 11 is 0. The minimum atomic E-state index is 0.926. The van der Waals surface area contributed by atoms with Gasteiger partial charge in [0.05, 0.1) is 0 Å². The zero-order valence-electron chi connectivity index (χ0n) is 10.4. The normalized spacial score (nSPS) is 10.7. The number of benzene rings is 1. The summed E-state index contributed by atoms with van der Waals surface area (Å²) < 4.78 is 0. The van der Waals surface area contributed by atoms with E-state index in [1.807, 2.05) is 6.08 Å². The van der Waals surface area contributed by atoms with Crippen LogP contribution in [0.2, 0.25) is 0 Å². The molecule has 1 rings (SSSR count). The molecule has 1 aromatic rings. The van der Waals surface area contributed by atoms with Gasteiger partial charge in [0.15, 0.2) is 0 Å². The maximum atomic E-state index is 3.76. The fourth-order valence-corrected chi connectivity index (χ4v) is 1.72. The molecule has 0 saturated carbocycles. The average molecular weight is 218 g/mol. The van der Waals surface area contributed by atoms with Gasteiger partial charge in [-0.1, -0.05) is 37.3 Å². The van der Waals surface area contributed by atoms with Crippen molar-refractivity contribution in [2.24, 2.45) is 0 Å². The van der Waals surface area contributed by atoms with Crippen LogP contribution in [0.3, 0.4) is 0 Å². The highest BCUT2D eigenvalue weighted by Crippen LogP contribution is 2.10. The topological polar surface area (TPSA) is 15.3 Å². The minimum Gasteiger partial charge on any atom is -0.313 e. The SMILES string of the molecule is C=CCN(C)Cc1ccccc1CNCC. The predicted octanol–water partition coefficient (Wildman–Crippen LogP) is 2.41. The number of nitrogens with one attached hydrogen (secondary N) is 1. The lowest BCUT2D eigenvalue weighted by molar-refractivity contribution is 0.362. The van der Waals surface area contributed by atoms with Gasteiger partial charge < -0.3 is 5.32 Å². The second-order valence-electron chi connectivity index (χ2n) is 4.03. The van der Waals surface area contributed by atoms with Crippen molar-refractivity contribution >= 4 is 0 Å². The first-order chi connectivity index (χ1) is 7.77. The lowest BCUT2D eigenvalue weighted by Crippen LogP contribution is -2.20. The van der Waals surface area contributed by atoms with Gasteiger partial charge in [-0.25, -0.2) is 0 Å². The number of nitrogens with zero attached hydrogens (tertiary/aromatic N) is 1. The zero-order chi connectivity index (χ0) is 11.8. The van der Waals surface area contributed by atoms with E-state index in [1.165, 1.54) is 11.1 Å². The predicted molar refractivity (Wildman–Crippen MR) is 70.4 cm³/mol. The highest BCUT2D eigenvalue weighted by molar-refractivity contribution is 5.26. The molecule has 1 aromatic carbocycles. The Balaban J connectivity index is 2.66. The Morgan fingerprint density at radius 3 is 2.62 bits per heavy atom. The van der Waals surface area contributed by atoms with Gasteiger partial charge in [-0.15, -0.1) is 6.58 Å². The van der Waals surface area contributed by atoms with Gasteiger partial charge in [0, 0.05) is 19.6 Å². The first-order valence-corrected chi connectivity index (χ1v) is 5.84. The molecule has 0 saturated heterocycles. The van der Waals surface area contributed by atoms with Crippen molar-refractivity contribution in [2.45, 2.75) is 20.0 Å². The Morgan fingerprint density at radius 1 is 1.31 bits per heavy atom. The van der Waals surface area contributed by atoms with Crippen LogP contribution in [0.15, 0.2) is 36.9 Å². The van der Waals surface area contributed by atoms with Gasteiger partial charge in [-0.2, -0.15) is 0 Å². The third-order valence-electron chi connectivity index (χ3n) is 2.56. The fourth-order valence-electron chi connectivity index (χ4n) is 1.72. The van der Waals surface area contributed by atoms with Crippen molar-refractivity contribution in [1.29, 1.82) is 0 Å². The van der Waals surface area contributed by atoms with Crippen molar-refractivity contribution in [1.82, 2.24) is 10.2 Å². The molecule has 88 valence electrons. The molecular weight excluding hydrogens is 196 g/mol. The molecule has 0 atom stereocenters. The minimum absolute atomic E-state index is 0.926. The van der Waals surface area contributed by atoms with Gasteiger partial charge >= 0.3 is 0 Å². The summed E-state index contributed by atoms with van der Waals surface area (Å²) in [5.41, 5.74) is 2.79. The lowest BCUT2D eigenvalue weighted by Gasteiger charge is -2.17.